The monoisotopic (exact) mass is 233 g/mol. The molecule has 0 aromatic rings. The Labute approximate surface area is 115 Å². The average Bonchev–Trinajstić information content (AvgIpc) is 1.60. The Hall–Kier alpha value is 2.17. The van der Waals surface area contributed by atoms with Gasteiger partial charge in [-0.25, -0.2) is 0 Å². The quantitative estimate of drug-likeness (QED) is 0.383. The summed E-state index contributed by atoms with van der Waals surface area (Å²) in [6.45, 7) is 0.895. The second-order valence-electron chi connectivity index (χ2n) is 1.48. The van der Waals surface area contributed by atoms with Crippen LogP contribution in [0, 0.1) is 0 Å². The molecule has 0 aromatic carbocycles. The maximum Gasteiger partial charge on any atom is 1.00 e. The van der Waals surface area contributed by atoms with Gasteiger partial charge in [0, 0.05) is 0 Å². The van der Waals surface area contributed by atoms with Crippen molar-refractivity contribution in [1.29, 1.82) is 0 Å². The van der Waals surface area contributed by atoms with Crippen molar-refractivity contribution in [3.05, 3.63) is 0 Å². The molecular formula is C2H5Na2O6P2+. The number of aliphatic hydroxyl groups excluding tert-OH is 1. The number of aliphatic hydroxyl groups is 1. The van der Waals surface area contributed by atoms with Crippen LogP contribution >= 0.6 is 15.9 Å². The summed E-state index contributed by atoms with van der Waals surface area (Å²) in [6.07, 6.45) is 0. The summed E-state index contributed by atoms with van der Waals surface area (Å²) in [7, 11) is -8.07. The molecule has 0 aromatic heterocycles. The molecule has 0 fully saturated rings. The van der Waals surface area contributed by atoms with Crippen molar-refractivity contribution in [1.82, 2.24) is 0 Å². The van der Waals surface area contributed by atoms with E-state index in [9.17, 15) is 18.9 Å². The number of rotatable bonds is 3. The molecule has 0 heterocycles. The minimum atomic E-state index is -4.61. The van der Waals surface area contributed by atoms with Crippen molar-refractivity contribution in [2.45, 2.75) is 12.8 Å². The molecule has 3 unspecified atom stereocenters. The van der Waals surface area contributed by atoms with Crippen molar-refractivity contribution in [3.8, 4) is 0 Å². The predicted molar refractivity (Wildman–Crippen MR) is 28.0 cm³/mol. The molecule has 0 saturated heterocycles. The van der Waals surface area contributed by atoms with E-state index in [0.29, 0.717) is 0 Å². The van der Waals surface area contributed by atoms with Crippen molar-refractivity contribution < 1.29 is 87.4 Å². The van der Waals surface area contributed by atoms with E-state index in [0.717, 1.165) is 6.92 Å². The van der Waals surface area contributed by atoms with E-state index in [1.807, 2.05) is 0 Å². The van der Waals surface area contributed by atoms with Crippen LogP contribution < -0.4 is 68.9 Å². The second kappa shape index (κ2) is 8.48. The Morgan fingerprint density at radius 3 is 2.00 bits per heavy atom. The maximum absolute atomic E-state index is 10.3. The van der Waals surface area contributed by atoms with E-state index in [2.05, 4.69) is 4.31 Å². The van der Waals surface area contributed by atoms with Gasteiger partial charge in [-0.3, -0.25) is 0 Å². The molecule has 0 aliphatic carbocycles. The van der Waals surface area contributed by atoms with Crippen LogP contribution in [0.2, 0.25) is 0 Å². The normalized spacial score (nSPS) is 17.8. The van der Waals surface area contributed by atoms with Gasteiger partial charge in [-0.2, -0.15) is 0 Å². The van der Waals surface area contributed by atoms with E-state index in [4.69, 9.17) is 5.11 Å². The van der Waals surface area contributed by atoms with Crippen LogP contribution in [-0.2, 0) is 13.4 Å². The van der Waals surface area contributed by atoms with Crippen LogP contribution in [-0.4, -0.2) is 11.0 Å². The second-order valence-corrected chi connectivity index (χ2v) is 4.40. The van der Waals surface area contributed by atoms with E-state index in [1.54, 1.807) is 0 Å². The van der Waals surface area contributed by atoms with Crippen LogP contribution in [0.3, 0.4) is 0 Å². The largest absolute Gasteiger partial charge is 1.00 e. The molecule has 0 radical (unpaired) electrons. The summed E-state index contributed by atoms with van der Waals surface area (Å²) >= 11 is 0. The van der Waals surface area contributed by atoms with Crippen LogP contribution in [0.25, 0.3) is 0 Å². The zero-order chi connectivity index (χ0) is 8.36. The molecule has 0 spiro atoms. The van der Waals surface area contributed by atoms with Crippen LogP contribution in [0.1, 0.15) is 6.92 Å². The molecule has 10 heteroatoms. The summed E-state index contributed by atoms with van der Waals surface area (Å²) < 4.78 is 23.4. The molecule has 1 N–H and O–H groups in total. The molecule has 12 heavy (non-hydrogen) atoms. The average molecular weight is 233 g/mol. The van der Waals surface area contributed by atoms with Crippen LogP contribution in [0.4, 0.5) is 0 Å². The Morgan fingerprint density at radius 1 is 1.58 bits per heavy atom. The first-order valence-corrected chi connectivity index (χ1v) is 4.90. The fourth-order valence-corrected chi connectivity index (χ4v) is 1.45. The first-order valence-electron chi connectivity index (χ1n) is 2.19. The summed E-state index contributed by atoms with van der Waals surface area (Å²) in [5.74, 6) is -1.81. The Morgan fingerprint density at radius 2 is 1.92 bits per heavy atom. The number of hydrogen-bond acceptors (Lipinski definition) is 6. The van der Waals surface area contributed by atoms with E-state index >= 15 is 0 Å². The van der Waals surface area contributed by atoms with Gasteiger partial charge in [0.05, 0.1) is 0 Å². The van der Waals surface area contributed by atoms with Crippen LogP contribution in [0.15, 0.2) is 0 Å². The van der Waals surface area contributed by atoms with Gasteiger partial charge >= 0.3 is 67.4 Å². The third-order valence-electron chi connectivity index (χ3n) is 0.638. The van der Waals surface area contributed by atoms with Crippen molar-refractivity contribution >= 4 is 15.9 Å². The maximum atomic E-state index is 10.3. The first kappa shape index (κ1) is 19.7. The Bertz CT molecular complexity index is 182. The summed E-state index contributed by atoms with van der Waals surface area (Å²) in [6, 6.07) is 0. The Balaban J connectivity index is -0.000000405. The molecule has 3 atom stereocenters. The minimum Gasteiger partial charge on any atom is -0.773 e. The van der Waals surface area contributed by atoms with Gasteiger partial charge in [0.1, 0.15) is 5.85 Å². The SMILES string of the molecule is CC(O)P(=O)([O-])O[P+](=O)[O-].[Na+].[Na+]. The zero-order valence-electron chi connectivity index (χ0n) is 6.96. The third kappa shape index (κ3) is 8.75. The fraction of sp³-hybridized carbons (Fsp3) is 1.00. The molecular weight excluding hydrogens is 228 g/mol. The van der Waals surface area contributed by atoms with Crippen molar-refractivity contribution in [3.63, 3.8) is 0 Å². The van der Waals surface area contributed by atoms with Gasteiger partial charge in [0.15, 0.2) is 0 Å². The van der Waals surface area contributed by atoms with Crippen molar-refractivity contribution in [2.75, 3.05) is 0 Å². The standard InChI is InChI=1S/C2H6O6P2.2Na/c1-2(3)10(6,7)8-9(4)5;;/h2-3H,1H3,(H,6,7);;/q;2*+1/p-1. The topological polar surface area (TPSA) is 110 Å². The van der Waals surface area contributed by atoms with E-state index < -0.39 is 21.7 Å². The zero-order valence-corrected chi connectivity index (χ0v) is 12.7. The molecule has 0 amide bonds. The summed E-state index contributed by atoms with van der Waals surface area (Å²) in [4.78, 5) is 20.0. The van der Waals surface area contributed by atoms with Gasteiger partial charge < -0.3 is 19.5 Å². The van der Waals surface area contributed by atoms with Crippen LogP contribution in [0.5, 0.6) is 0 Å². The van der Waals surface area contributed by atoms with Gasteiger partial charge in [0.25, 0.3) is 0 Å². The first-order chi connectivity index (χ1) is 4.36. The molecule has 0 aliphatic heterocycles. The van der Waals surface area contributed by atoms with Gasteiger partial charge in [-0.1, -0.05) is 0 Å². The summed E-state index contributed by atoms with van der Waals surface area (Å²) in [5, 5.41) is 8.36. The van der Waals surface area contributed by atoms with Crippen molar-refractivity contribution in [2.24, 2.45) is 0 Å². The molecule has 6 nitrogen and oxygen atoms in total. The summed E-state index contributed by atoms with van der Waals surface area (Å²) in [5.41, 5.74) is 0. The Kier molecular flexibility index (Phi) is 13.9. The minimum absolute atomic E-state index is 0. The molecule has 0 aliphatic rings. The molecule has 60 valence electrons. The molecule has 0 saturated carbocycles. The molecule has 0 bridgehead atoms. The smallest absolute Gasteiger partial charge is 0.773 e. The van der Waals surface area contributed by atoms with Gasteiger partial charge in [-0.05, 0) is 11.5 Å². The predicted octanol–water partition coefficient (Wildman–Crippen LogP) is -7.08. The van der Waals surface area contributed by atoms with Gasteiger partial charge in [0.2, 0.25) is 7.60 Å². The fourth-order valence-electron chi connectivity index (χ4n) is 0.161. The van der Waals surface area contributed by atoms with E-state index in [-0.39, 0.29) is 59.1 Å². The van der Waals surface area contributed by atoms with Gasteiger partial charge in [-0.15, -0.1) is 4.31 Å². The third-order valence-corrected chi connectivity index (χ3v) is 3.00. The van der Waals surface area contributed by atoms with E-state index in [1.165, 1.54) is 0 Å². The number of hydrogen-bond donors (Lipinski definition) is 1. The molecule has 0 rings (SSSR count).